The van der Waals surface area contributed by atoms with E-state index in [1.165, 1.54) is 0 Å². The number of ether oxygens (including phenoxy) is 1. The lowest BCUT2D eigenvalue weighted by molar-refractivity contribution is 0.0733. The van der Waals surface area contributed by atoms with Crippen LogP contribution in [-0.2, 0) is 5.41 Å². The van der Waals surface area contributed by atoms with Crippen molar-refractivity contribution in [1.29, 1.82) is 0 Å². The number of carbonyl (C=O) groups is 2. The lowest BCUT2D eigenvalue weighted by Crippen LogP contribution is -2.19. The number of aryl methyl sites for hydroxylation is 2. The highest BCUT2D eigenvalue weighted by molar-refractivity contribution is 7.99. The van der Waals surface area contributed by atoms with Crippen LogP contribution in [0.1, 0.15) is 56.8 Å². The summed E-state index contributed by atoms with van der Waals surface area (Å²) in [5.74, 6) is 0.397. The van der Waals surface area contributed by atoms with Crippen LogP contribution in [0, 0.1) is 13.8 Å². The van der Waals surface area contributed by atoms with Gasteiger partial charge in [0.2, 0.25) is 0 Å². The van der Waals surface area contributed by atoms with Gasteiger partial charge in [-0.05, 0) is 84.6 Å². The summed E-state index contributed by atoms with van der Waals surface area (Å²) in [6.07, 6.45) is 0.821. The number of phenolic OH excluding ortho intramolecular Hbond substituents is 1. The first kappa shape index (κ1) is 25.3. The third-order valence-corrected chi connectivity index (χ3v) is 7.38. The average Bonchev–Trinajstić information content (AvgIpc) is 2.87. The minimum atomic E-state index is -0.411. The van der Waals surface area contributed by atoms with Crippen molar-refractivity contribution in [2.75, 3.05) is 0 Å². The summed E-state index contributed by atoms with van der Waals surface area (Å²) >= 11 is 1.56. The highest BCUT2D eigenvalue weighted by Gasteiger charge is 2.25. The summed E-state index contributed by atoms with van der Waals surface area (Å²) in [5.41, 5.74) is 4.72. The number of aldehydes is 1. The van der Waals surface area contributed by atoms with Gasteiger partial charge in [-0.3, -0.25) is 4.79 Å². The molecule has 182 valence electrons. The van der Waals surface area contributed by atoms with Crippen LogP contribution in [0.15, 0.2) is 94.7 Å². The van der Waals surface area contributed by atoms with Gasteiger partial charge in [0.15, 0.2) is 0 Å². The Hall–Kier alpha value is -3.83. The Balaban J connectivity index is 1.45. The molecule has 1 N–H and O–H groups in total. The van der Waals surface area contributed by atoms with Crippen LogP contribution in [0.4, 0.5) is 0 Å². The zero-order chi connectivity index (χ0) is 25.9. The van der Waals surface area contributed by atoms with Gasteiger partial charge in [-0.1, -0.05) is 62.0 Å². The van der Waals surface area contributed by atoms with E-state index < -0.39 is 5.97 Å². The van der Waals surface area contributed by atoms with Gasteiger partial charge in [0.05, 0.1) is 5.56 Å². The summed E-state index contributed by atoms with van der Waals surface area (Å²) in [4.78, 5) is 25.6. The van der Waals surface area contributed by atoms with Crippen molar-refractivity contribution in [3.05, 3.63) is 118 Å². The molecular weight excluding hydrogens is 468 g/mol. The molecule has 4 nitrogen and oxygen atoms in total. The number of hydrogen-bond donors (Lipinski definition) is 1. The van der Waals surface area contributed by atoms with Crippen LogP contribution in [-0.4, -0.2) is 17.4 Å². The molecule has 0 aromatic heterocycles. The molecule has 5 heteroatoms. The number of rotatable bonds is 7. The minimum absolute atomic E-state index is 0.285. The maximum absolute atomic E-state index is 12.8. The van der Waals surface area contributed by atoms with E-state index in [1.807, 2.05) is 68.4 Å². The van der Waals surface area contributed by atoms with Gasteiger partial charge in [-0.15, -0.1) is 0 Å². The van der Waals surface area contributed by atoms with Crippen molar-refractivity contribution in [3.63, 3.8) is 0 Å². The number of aromatic hydroxyl groups is 1. The van der Waals surface area contributed by atoms with E-state index in [9.17, 15) is 14.7 Å². The zero-order valence-electron chi connectivity index (χ0n) is 20.7. The molecule has 0 saturated heterocycles. The van der Waals surface area contributed by atoms with Crippen molar-refractivity contribution in [1.82, 2.24) is 0 Å². The lowest BCUT2D eigenvalue weighted by Gasteiger charge is -2.27. The maximum Gasteiger partial charge on any atom is 0.343 e. The van der Waals surface area contributed by atoms with Crippen molar-refractivity contribution in [2.45, 2.75) is 42.9 Å². The predicted molar refractivity (Wildman–Crippen MR) is 144 cm³/mol. The molecule has 0 amide bonds. The molecule has 0 bridgehead atoms. The van der Waals surface area contributed by atoms with Gasteiger partial charge in [0, 0.05) is 20.8 Å². The Morgan fingerprint density at radius 3 is 1.92 bits per heavy atom. The second-order valence-corrected chi connectivity index (χ2v) is 10.5. The fraction of sp³-hybridized carbons (Fsp3) is 0.161. The second kappa shape index (κ2) is 10.4. The van der Waals surface area contributed by atoms with Crippen molar-refractivity contribution >= 4 is 24.0 Å². The monoisotopic (exact) mass is 496 g/mol. The third kappa shape index (κ3) is 5.52. The van der Waals surface area contributed by atoms with Crippen molar-refractivity contribution < 1.29 is 19.4 Å². The summed E-state index contributed by atoms with van der Waals surface area (Å²) < 4.78 is 5.71. The molecule has 0 heterocycles. The van der Waals surface area contributed by atoms with Crippen molar-refractivity contribution in [3.8, 4) is 11.5 Å². The molecule has 36 heavy (non-hydrogen) atoms. The van der Waals surface area contributed by atoms with E-state index in [0.717, 1.165) is 38.3 Å². The molecule has 4 rings (SSSR count). The first-order valence-electron chi connectivity index (χ1n) is 11.6. The van der Waals surface area contributed by atoms with E-state index in [4.69, 9.17) is 4.74 Å². The maximum atomic E-state index is 12.8. The van der Waals surface area contributed by atoms with Gasteiger partial charge >= 0.3 is 5.97 Å². The first-order valence-corrected chi connectivity index (χ1v) is 12.5. The Morgan fingerprint density at radius 1 is 0.806 bits per heavy atom. The number of esters is 1. The Bertz CT molecular complexity index is 1400. The minimum Gasteiger partial charge on any atom is -0.508 e. The standard InChI is InChI=1S/C31H28O4S/c1-20-17-24(9-15-28(20)33)31(3,4)25-10-16-29(21(2)18-25)35-30(34)23-7-13-27(14-8-23)36-26-11-5-22(19-32)6-12-26/h5-19,33H,1-4H3. The van der Waals surface area contributed by atoms with E-state index in [1.54, 1.807) is 42.1 Å². The molecule has 0 radical (unpaired) electrons. The van der Waals surface area contributed by atoms with Crippen LogP contribution in [0.3, 0.4) is 0 Å². The summed E-state index contributed by atoms with van der Waals surface area (Å²) in [6, 6.07) is 26.1. The molecule has 0 aliphatic carbocycles. The number of phenols is 1. The first-order chi connectivity index (χ1) is 17.2. The fourth-order valence-electron chi connectivity index (χ4n) is 3.93. The molecule has 4 aromatic carbocycles. The van der Waals surface area contributed by atoms with Crippen LogP contribution in [0.25, 0.3) is 0 Å². The molecule has 0 saturated carbocycles. The number of carbonyl (C=O) groups excluding carboxylic acids is 2. The predicted octanol–water partition coefficient (Wildman–Crippen LogP) is 7.52. The van der Waals surface area contributed by atoms with Gasteiger partial charge in [0.25, 0.3) is 0 Å². The van der Waals surface area contributed by atoms with Gasteiger partial charge in [-0.25, -0.2) is 4.79 Å². The van der Waals surface area contributed by atoms with E-state index in [-0.39, 0.29) is 11.2 Å². The summed E-state index contributed by atoms with van der Waals surface area (Å²) in [7, 11) is 0. The SMILES string of the molecule is Cc1cc(C(C)(C)c2ccc(OC(=O)c3ccc(Sc4ccc(C=O)cc4)cc3)c(C)c2)ccc1O. The van der Waals surface area contributed by atoms with Crippen LogP contribution >= 0.6 is 11.8 Å². The molecular formula is C31H28O4S. The summed E-state index contributed by atoms with van der Waals surface area (Å²) in [5, 5.41) is 9.88. The normalized spacial score (nSPS) is 11.2. The zero-order valence-corrected chi connectivity index (χ0v) is 21.6. The molecule has 0 unspecified atom stereocenters. The lowest BCUT2D eigenvalue weighted by atomic mass is 9.77. The topological polar surface area (TPSA) is 63.6 Å². The second-order valence-electron chi connectivity index (χ2n) is 9.31. The van der Waals surface area contributed by atoms with E-state index in [2.05, 4.69) is 13.8 Å². The highest BCUT2D eigenvalue weighted by Crippen LogP contribution is 2.36. The molecule has 0 spiro atoms. The Labute approximate surface area is 216 Å². The molecule has 4 aromatic rings. The van der Waals surface area contributed by atoms with Crippen LogP contribution in [0.5, 0.6) is 11.5 Å². The van der Waals surface area contributed by atoms with Crippen LogP contribution in [0.2, 0.25) is 0 Å². The number of hydrogen-bond acceptors (Lipinski definition) is 5. The largest absolute Gasteiger partial charge is 0.508 e. The van der Waals surface area contributed by atoms with E-state index in [0.29, 0.717) is 16.9 Å². The smallest absolute Gasteiger partial charge is 0.343 e. The van der Waals surface area contributed by atoms with Gasteiger partial charge in [-0.2, -0.15) is 0 Å². The molecule has 0 aliphatic heterocycles. The number of benzene rings is 4. The quantitative estimate of drug-likeness (QED) is 0.163. The van der Waals surface area contributed by atoms with E-state index >= 15 is 0 Å². The molecule has 0 fully saturated rings. The van der Waals surface area contributed by atoms with Crippen LogP contribution < -0.4 is 4.74 Å². The van der Waals surface area contributed by atoms with Gasteiger partial charge < -0.3 is 9.84 Å². The average molecular weight is 497 g/mol. The Morgan fingerprint density at radius 2 is 1.36 bits per heavy atom. The molecule has 0 aliphatic rings. The third-order valence-electron chi connectivity index (χ3n) is 6.36. The fourth-order valence-corrected chi connectivity index (χ4v) is 4.75. The Kier molecular flexibility index (Phi) is 7.32. The van der Waals surface area contributed by atoms with Gasteiger partial charge in [0.1, 0.15) is 17.8 Å². The summed E-state index contributed by atoms with van der Waals surface area (Å²) in [6.45, 7) is 8.09. The molecule has 0 atom stereocenters. The van der Waals surface area contributed by atoms with Crippen molar-refractivity contribution in [2.24, 2.45) is 0 Å². The highest BCUT2D eigenvalue weighted by atomic mass is 32.2.